The summed E-state index contributed by atoms with van der Waals surface area (Å²) in [5, 5.41) is 3.73. The fourth-order valence-electron chi connectivity index (χ4n) is 3.63. The van der Waals surface area contributed by atoms with Crippen molar-refractivity contribution in [3.05, 3.63) is 18.2 Å². The standard InChI is InChI=1S/C15H26N4/c1-12-5-3-7-14(17-12)15-9-16-11-19(15)13-6-4-8-18(2)10-13/h9,11-14,17H,3-8,10H2,1-2H3. The summed E-state index contributed by atoms with van der Waals surface area (Å²) in [5.74, 6) is 0. The number of piperidine rings is 2. The summed E-state index contributed by atoms with van der Waals surface area (Å²) in [6.07, 6.45) is 10.6. The molecule has 106 valence electrons. The summed E-state index contributed by atoms with van der Waals surface area (Å²) in [6.45, 7) is 4.69. The summed E-state index contributed by atoms with van der Waals surface area (Å²) in [7, 11) is 2.23. The molecule has 0 spiro atoms. The highest BCUT2D eigenvalue weighted by atomic mass is 15.2. The Morgan fingerprint density at radius 1 is 1.26 bits per heavy atom. The van der Waals surface area contributed by atoms with Crippen LogP contribution in [0, 0.1) is 0 Å². The number of imidazole rings is 1. The van der Waals surface area contributed by atoms with E-state index in [-0.39, 0.29) is 0 Å². The first-order valence-corrected chi connectivity index (χ1v) is 7.70. The number of nitrogens with one attached hydrogen (secondary N) is 1. The van der Waals surface area contributed by atoms with Crippen LogP contribution in [0.3, 0.4) is 0 Å². The van der Waals surface area contributed by atoms with Crippen molar-refractivity contribution in [2.75, 3.05) is 20.1 Å². The highest BCUT2D eigenvalue weighted by Crippen LogP contribution is 2.29. The summed E-state index contributed by atoms with van der Waals surface area (Å²) in [5.41, 5.74) is 1.40. The van der Waals surface area contributed by atoms with Gasteiger partial charge < -0.3 is 14.8 Å². The minimum Gasteiger partial charge on any atom is -0.329 e. The molecule has 3 rings (SSSR count). The lowest BCUT2D eigenvalue weighted by molar-refractivity contribution is 0.205. The maximum Gasteiger partial charge on any atom is 0.0951 e. The highest BCUT2D eigenvalue weighted by molar-refractivity contribution is 5.09. The Labute approximate surface area is 116 Å². The van der Waals surface area contributed by atoms with Crippen LogP contribution in [0.25, 0.3) is 0 Å². The van der Waals surface area contributed by atoms with Gasteiger partial charge in [-0.2, -0.15) is 0 Å². The quantitative estimate of drug-likeness (QED) is 0.888. The van der Waals surface area contributed by atoms with Crippen molar-refractivity contribution in [1.29, 1.82) is 0 Å². The Bertz CT molecular complexity index is 378. The largest absolute Gasteiger partial charge is 0.329 e. The summed E-state index contributed by atoms with van der Waals surface area (Å²) in [6, 6.07) is 1.74. The molecule has 0 saturated carbocycles. The Morgan fingerprint density at radius 2 is 2.16 bits per heavy atom. The third kappa shape index (κ3) is 2.84. The first kappa shape index (κ1) is 13.1. The maximum atomic E-state index is 4.43. The zero-order valence-corrected chi connectivity index (χ0v) is 12.2. The molecule has 4 heteroatoms. The van der Waals surface area contributed by atoms with E-state index in [1.807, 2.05) is 6.33 Å². The third-order valence-electron chi connectivity index (χ3n) is 4.66. The van der Waals surface area contributed by atoms with Gasteiger partial charge in [-0.15, -0.1) is 0 Å². The molecule has 0 aliphatic carbocycles. The number of rotatable bonds is 2. The van der Waals surface area contributed by atoms with Gasteiger partial charge in [0.25, 0.3) is 0 Å². The van der Waals surface area contributed by atoms with Crippen LogP contribution < -0.4 is 5.32 Å². The topological polar surface area (TPSA) is 33.1 Å². The number of nitrogens with zero attached hydrogens (tertiary/aromatic N) is 3. The van der Waals surface area contributed by atoms with Gasteiger partial charge in [-0.25, -0.2) is 4.98 Å². The monoisotopic (exact) mass is 262 g/mol. The first-order valence-electron chi connectivity index (χ1n) is 7.70. The maximum absolute atomic E-state index is 4.43. The van der Waals surface area contributed by atoms with Gasteiger partial charge in [0.05, 0.1) is 12.0 Å². The summed E-state index contributed by atoms with van der Waals surface area (Å²) in [4.78, 5) is 6.87. The molecule has 4 nitrogen and oxygen atoms in total. The number of aromatic nitrogens is 2. The van der Waals surface area contributed by atoms with Gasteiger partial charge in [0.1, 0.15) is 0 Å². The lowest BCUT2D eigenvalue weighted by Crippen LogP contribution is -2.38. The molecule has 1 aromatic rings. The van der Waals surface area contributed by atoms with Crippen LogP contribution in [0.5, 0.6) is 0 Å². The molecule has 0 amide bonds. The molecule has 2 aliphatic rings. The van der Waals surface area contributed by atoms with Gasteiger partial charge in [-0.3, -0.25) is 0 Å². The fraction of sp³-hybridized carbons (Fsp3) is 0.800. The Morgan fingerprint density at radius 3 is 2.95 bits per heavy atom. The van der Waals surface area contributed by atoms with Crippen LogP contribution in [0.4, 0.5) is 0 Å². The molecule has 0 aromatic carbocycles. The molecule has 2 saturated heterocycles. The minimum absolute atomic E-state index is 0.499. The Kier molecular flexibility index (Phi) is 3.89. The molecule has 3 unspecified atom stereocenters. The molecule has 0 radical (unpaired) electrons. The molecule has 1 N–H and O–H groups in total. The van der Waals surface area contributed by atoms with Crippen LogP contribution in [0.1, 0.15) is 56.8 Å². The number of likely N-dealkylation sites (N-methyl/N-ethyl adjacent to an activating group) is 1. The van der Waals surface area contributed by atoms with Crippen molar-refractivity contribution in [2.24, 2.45) is 0 Å². The second-order valence-corrected chi connectivity index (χ2v) is 6.34. The van der Waals surface area contributed by atoms with Gasteiger partial charge in [-0.1, -0.05) is 0 Å². The third-order valence-corrected chi connectivity index (χ3v) is 4.66. The van der Waals surface area contributed by atoms with E-state index in [1.165, 1.54) is 44.3 Å². The fourth-order valence-corrected chi connectivity index (χ4v) is 3.63. The zero-order valence-electron chi connectivity index (χ0n) is 12.2. The Hall–Kier alpha value is -0.870. The van der Waals surface area contributed by atoms with E-state index in [0.717, 1.165) is 6.54 Å². The van der Waals surface area contributed by atoms with Crippen molar-refractivity contribution < 1.29 is 0 Å². The SMILES string of the molecule is CC1CCCC(c2cncn2C2CCCN(C)C2)N1. The molecule has 0 bridgehead atoms. The zero-order chi connectivity index (χ0) is 13.2. The first-order chi connectivity index (χ1) is 9.24. The van der Waals surface area contributed by atoms with Gasteiger partial charge >= 0.3 is 0 Å². The molecule has 19 heavy (non-hydrogen) atoms. The average Bonchev–Trinajstić information content (AvgIpc) is 2.88. The van der Waals surface area contributed by atoms with E-state index < -0.39 is 0 Å². The second-order valence-electron chi connectivity index (χ2n) is 6.34. The van der Waals surface area contributed by atoms with E-state index in [9.17, 15) is 0 Å². The van der Waals surface area contributed by atoms with Gasteiger partial charge in [0, 0.05) is 30.9 Å². The van der Waals surface area contributed by atoms with Crippen molar-refractivity contribution >= 4 is 0 Å². The van der Waals surface area contributed by atoms with Crippen molar-refractivity contribution in [2.45, 2.75) is 57.2 Å². The summed E-state index contributed by atoms with van der Waals surface area (Å²) >= 11 is 0. The minimum atomic E-state index is 0.499. The molecular formula is C15H26N4. The van der Waals surface area contributed by atoms with E-state index in [4.69, 9.17) is 0 Å². The van der Waals surface area contributed by atoms with Crippen molar-refractivity contribution in [3.63, 3.8) is 0 Å². The molecule has 2 aliphatic heterocycles. The average molecular weight is 262 g/mol. The van der Waals surface area contributed by atoms with Crippen LogP contribution in [-0.2, 0) is 0 Å². The van der Waals surface area contributed by atoms with Gasteiger partial charge in [0.15, 0.2) is 0 Å². The molecule has 2 fully saturated rings. The predicted octanol–water partition coefficient (Wildman–Crippen LogP) is 2.35. The normalized spacial score (nSPS) is 33.5. The molecule has 3 atom stereocenters. The second kappa shape index (κ2) is 5.63. The number of likely N-dealkylation sites (tertiary alicyclic amines) is 1. The van der Waals surface area contributed by atoms with Gasteiger partial charge in [0.2, 0.25) is 0 Å². The van der Waals surface area contributed by atoms with E-state index in [0.29, 0.717) is 18.1 Å². The van der Waals surface area contributed by atoms with Crippen LogP contribution in [-0.4, -0.2) is 40.6 Å². The number of hydrogen-bond donors (Lipinski definition) is 1. The highest BCUT2D eigenvalue weighted by Gasteiger charge is 2.26. The lowest BCUT2D eigenvalue weighted by Gasteiger charge is -2.34. The molecule has 1 aromatic heterocycles. The Balaban J connectivity index is 1.77. The van der Waals surface area contributed by atoms with Crippen molar-refractivity contribution in [3.8, 4) is 0 Å². The smallest absolute Gasteiger partial charge is 0.0951 e. The van der Waals surface area contributed by atoms with E-state index in [1.54, 1.807) is 0 Å². The predicted molar refractivity (Wildman–Crippen MR) is 77.2 cm³/mol. The molecular weight excluding hydrogens is 236 g/mol. The van der Waals surface area contributed by atoms with Crippen LogP contribution >= 0.6 is 0 Å². The number of hydrogen-bond acceptors (Lipinski definition) is 3. The lowest BCUT2D eigenvalue weighted by atomic mass is 9.97. The van der Waals surface area contributed by atoms with Gasteiger partial charge in [-0.05, 0) is 52.6 Å². The van der Waals surface area contributed by atoms with E-state index >= 15 is 0 Å². The summed E-state index contributed by atoms with van der Waals surface area (Å²) < 4.78 is 2.44. The van der Waals surface area contributed by atoms with Crippen LogP contribution in [0.15, 0.2) is 12.5 Å². The molecule has 3 heterocycles. The van der Waals surface area contributed by atoms with E-state index in [2.05, 4.69) is 39.9 Å². The van der Waals surface area contributed by atoms with Crippen LogP contribution in [0.2, 0.25) is 0 Å². The van der Waals surface area contributed by atoms with Crippen molar-refractivity contribution in [1.82, 2.24) is 19.8 Å².